The number of rotatable bonds is 5. The summed E-state index contributed by atoms with van der Waals surface area (Å²) in [7, 11) is 0. The summed E-state index contributed by atoms with van der Waals surface area (Å²) in [6, 6.07) is 1.91. The van der Waals surface area contributed by atoms with Gasteiger partial charge in [0.05, 0.1) is 19.8 Å². The zero-order valence-corrected chi connectivity index (χ0v) is 9.99. The molecule has 0 amide bonds. The van der Waals surface area contributed by atoms with E-state index in [1.165, 1.54) is 0 Å². The molecule has 6 heteroatoms. The van der Waals surface area contributed by atoms with Crippen molar-refractivity contribution in [1.82, 2.24) is 9.78 Å². The van der Waals surface area contributed by atoms with Crippen molar-refractivity contribution in [2.24, 2.45) is 0 Å². The van der Waals surface area contributed by atoms with Crippen molar-refractivity contribution in [3.63, 3.8) is 0 Å². The second kappa shape index (κ2) is 6.32. The van der Waals surface area contributed by atoms with Gasteiger partial charge in [0.15, 0.2) is 6.23 Å². The lowest BCUT2D eigenvalue weighted by molar-refractivity contribution is -0.131. The molecule has 1 atom stereocenters. The second-order valence-electron chi connectivity index (χ2n) is 3.95. The van der Waals surface area contributed by atoms with Crippen LogP contribution in [0.4, 0.5) is 0 Å². The Hall–Kier alpha value is -1.66. The minimum atomic E-state index is -0.924. The van der Waals surface area contributed by atoms with E-state index in [4.69, 9.17) is 14.6 Å². The number of carboxylic acids is 1. The van der Waals surface area contributed by atoms with Crippen LogP contribution in [0.3, 0.4) is 0 Å². The summed E-state index contributed by atoms with van der Waals surface area (Å²) in [4.78, 5) is 10.3. The normalized spacial score (nSPS) is 20.3. The van der Waals surface area contributed by atoms with Crippen molar-refractivity contribution in [1.29, 1.82) is 0 Å². The summed E-state index contributed by atoms with van der Waals surface area (Å²) in [5, 5.41) is 12.7. The van der Waals surface area contributed by atoms with Crippen LogP contribution in [-0.2, 0) is 20.7 Å². The molecule has 2 heterocycles. The fourth-order valence-corrected chi connectivity index (χ4v) is 1.83. The molecule has 1 N–H and O–H groups in total. The third-order valence-corrected chi connectivity index (χ3v) is 2.65. The number of aryl methyl sites for hydroxylation is 1. The Morgan fingerprint density at radius 2 is 2.50 bits per heavy atom. The number of carbonyl (C=O) groups is 1. The van der Waals surface area contributed by atoms with Crippen LogP contribution in [0, 0.1) is 0 Å². The summed E-state index contributed by atoms with van der Waals surface area (Å²) >= 11 is 0. The maximum Gasteiger partial charge on any atom is 0.327 e. The van der Waals surface area contributed by atoms with Gasteiger partial charge in [0, 0.05) is 18.0 Å². The first-order chi connectivity index (χ1) is 8.77. The largest absolute Gasteiger partial charge is 0.478 e. The van der Waals surface area contributed by atoms with Gasteiger partial charge in [-0.15, -0.1) is 0 Å². The van der Waals surface area contributed by atoms with Gasteiger partial charge in [0.2, 0.25) is 0 Å². The molecule has 0 aliphatic carbocycles. The Kier molecular flexibility index (Phi) is 4.49. The zero-order chi connectivity index (χ0) is 12.8. The SMILES string of the molecule is O=C(O)/C=C\CCc1ccnn1C1COCCO1. The molecule has 0 saturated carbocycles. The summed E-state index contributed by atoms with van der Waals surface area (Å²) in [6.45, 7) is 1.69. The van der Waals surface area contributed by atoms with Crippen LogP contribution in [-0.4, -0.2) is 40.7 Å². The standard InChI is InChI=1S/C12H16N2O4/c15-12(16)4-2-1-3-10-5-6-13-14(10)11-9-17-7-8-18-11/h2,4-6,11H,1,3,7-9H2,(H,15,16)/b4-2-. The monoisotopic (exact) mass is 252 g/mol. The topological polar surface area (TPSA) is 73.6 Å². The van der Waals surface area contributed by atoms with Gasteiger partial charge in [-0.3, -0.25) is 0 Å². The Morgan fingerprint density at radius 1 is 1.61 bits per heavy atom. The summed E-state index contributed by atoms with van der Waals surface area (Å²) in [6.07, 6.45) is 5.72. The molecule has 18 heavy (non-hydrogen) atoms. The van der Waals surface area contributed by atoms with Crippen molar-refractivity contribution >= 4 is 5.97 Å². The van der Waals surface area contributed by atoms with E-state index in [9.17, 15) is 4.79 Å². The maximum absolute atomic E-state index is 10.3. The minimum Gasteiger partial charge on any atom is -0.478 e. The Morgan fingerprint density at radius 3 is 3.22 bits per heavy atom. The van der Waals surface area contributed by atoms with Gasteiger partial charge in [-0.2, -0.15) is 5.10 Å². The molecule has 0 spiro atoms. The van der Waals surface area contributed by atoms with Crippen molar-refractivity contribution < 1.29 is 19.4 Å². The quantitative estimate of drug-likeness (QED) is 0.791. The van der Waals surface area contributed by atoms with Gasteiger partial charge in [0.25, 0.3) is 0 Å². The zero-order valence-electron chi connectivity index (χ0n) is 9.99. The molecule has 1 aromatic rings. The van der Waals surface area contributed by atoms with Gasteiger partial charge in [-0.25, -0.2) is 9.48 Å². The lowest BCUT2D eigenvalue weighted by Gasteiger charge is -2.24. The van der Waals surface area contributed by atoms with E-state index in [1.807, 2.05) is 6.07 Å². The van der Waals surface area contributed by atoms with E-state index >= 15 is 0 Å². The predicted molar refractivity (Wildman–Crippen MR) is 63.1 cm³/mol. The number of hydrogen-bond donors (Lipinski definition) is 1. The Labute approximate surface area is 105 Å². The summed E-state index contributed by atoms with van der Waals surface area (Å²) in [5.74, 6) is -0.924. The number of ether oxygens (including phenoxy) is 2. The smallest absolute Gasteiger partial charge is 0.327 e. The lowest BCUT2D eigenvalue weighted by Crippen LogP contribution is -2.28. The minimum absolute atomic E-state index is 0.174. The van der Waals surface area contributed by atoms with Crippen molar-refractivity contribution in [2.75, 3.05) is 19.8 Å². The van der Waals surface area contributed by atoms with Crippen LogP contribution in [0.25, 0.3) is 0 Å². The molecule has 1 aliphatic rings. The van der Waals surface area contributed by atoms with E-state index in [1.54, 1.807) is 17.0 Å². The molecule has 6 nitrogen and oxygen atoms in total. The third-order valence-electron chi connectivity index (χ3n) is 2.65. The number of aliphatic carboxylic acids is 1. The fraction of sp³-hybridized carbons (Fsp3) is 0.500. The molecular weight excluding hydrogens is 236 g/mol. The highest BCUT2D eigenvalue weighted by molar-refractivity contribution is 5.79. The Balaban J connectivity index is 1.92. The number of allylic oxidation sites excluding steroid dienone is 1. The molecule has 0 aromatic carbocycles. The average molecular weight is 252 g/mol. The van der Waals surface area contributed by atoms with E-state index in [0.29, 0.717) is 26.2 Å². The van der Waals surface area contributed by atoms with Crippen molar-refractivity contribution in [3.8, 4) is 0 Å². The van der Waals surface area contributed by atoms with Gasteiger partial charge >= 0.3 is 5.97 Å². The number of carboxylic acid groups (broad SMARTS) is 1. The molecule has 1 saturated heterocycles. The summed E-state index contributed by atoms with van der Waals surface area (Å²) < 4.78 is 12.7. The number of aromatic nitrogens is 2. The van der Waals surface area contributed by atoms with E-state index in [-0.39, 0.29) is 6.23 Å². The van der Waals surface area contributed by atoms with Crippen LogP contribution >= 0.6 is 0 Å². The van der Waals surface area contributed by atoms with Crippen LogP contribution in [0.15, 0.2) is 24.4 Å². The van der Waals surface area contributed by atoms with Crippen LogP contribution in [0.5, 0.6) is 0 Å². The molecule has 1 unspecified atom stereocenters. The molecule has 98 valence electrons. The third kappa shape index (κ3) is 3.41. The van der Waals surface area contributed by atoms with Gasteiger partial charge in [-0.05, 0) is 18.9 Å². The van der Waals surface area contributed by atoms with Crippen LogP contribution in [0.2, 0.25) is 0 Å². The van der Waals surface area contributed by atoms with E-state index in [2.05, 4.69) is 5.10 Å². The first-order valence-electron chi connectivity index (χ1n) is 5.88. The van der Waals surface area contributed by atoms with Crippen LogP contribution in [0.1, 0.15) is 18.3 Å². The van der Waals surface area contributed by atoms with Crippen molar-refractivity contribution in [3.05, 3.63) is 30.1 Å². The molecule has 0 radical (unpaired) electrons. The Bertz CT molecular complexity index is 421. The number of hydrogen-bond acceptors (Lipinski definition) is 4. The highest BCUT2D eigenvalue weighted by Gasteiger charge is 2.18. The summed E-state index contributed by atoms with van der Waals surface area (Å²) in [5.41, 5.74) is 1.01. The lowest BCUT2D eigenvalue weighted by atomic mass is 10.2. The number of nitrogens with zero attached hydrogens (tertiary/aromatic N) is 2. The van der Waals surface area contributed by atoms with Crippen LogP contribution < -0.4 is 0 Å². The molecular formula is C12H16N2O4. The molecule has 1 aromatic heterocycles. The molecule has 1 aliphatic heterocycles. The predicted octanol–water partition coefficient (Wildman–Crippen LogP) is 1.00. The average Bonchev–Trinajstić information content (AvgIpc) is 2.84. The van der Waals surface area contributed by atoms with E-state index < -0.39 is 5.97 Å². The molecule has 1 fully saturated rings. The second-order valence-corrected chi connectivity index (χ2v) is 3.95. The van der Waals surface area contributed by atoms with Gasteiger partial charge in [0.1, 0.15) is 0 Å². The highest BCUT2D eigenvalue weighted by Crippen LogP contribution is 2.16. The van der Waals surface area contributed by atoms with Gasteiger partial charge < -0.3 is 14.6 Å². The highest BCUT2D eigenvalue weighted by atomic mass is 16.6. The molecule has 2 rings (SSSR count). The first-order valence-corrected chi connectivity index (χ1v) is 5.88. The van der Waals surface area contributed by atoms with E-state index in [0.717, 1.165) is 18.2 Å². The molecule has 0 bridgehead atoms. The maximum atomic E-state index is 10.3. The van der Waals surface area contributed by atoms with Gasteiger partial charge in [-0.1, -0.05) is 6.08 Å². The van der Waals surface area contributed by atoms with Crippen molar-refractivity contribution in [2.45, 2.75) is 19.1 Å². The first kappa shape index (κ1) is 12.8. The fourth-order valence-electron chi connectivity index (χ4n) is 1.83.